The van der Waals surface area contributed by atoms with Crippen molar-refractivity contribution in [3.63, 3.8) is 0 Å². The number of phenolic OH excluding ortho intramolecular Hbond substituents is 1. The summed E-state index contributed by atoms with van der Waals surface area (Å²) in [6.45, 7) is 4.23. The molecule has 0 aliphatic heterocycles. The van der Waals surface area contributed by atoms with Crippen molar-refractivity contribution in [3.05, 3.63) is 23.3 Å². The van der Waals surface area contributed by atoms with Gasteiger partial charge in [0.25, 0.3) is 0 Å². The van der Waals surface area contributed by atoms with E-state index in [9.17, 15) is 9.90 Å². The Morgan fingerprint density at radius 1 is 1.11 bits per heavy atom. The van der Waals surface area contributed by atoms with Gasteiger partial charge in [0.05, 0.1) is 0 Å². The van der Waals surface area contributed by atoms with Crippen molar-refractivity contribution in [2.24, 2.45) is 0 Å². The highest BCUT2D eigenvalue weighted by atomic mass is 16.7. The van der Waals surface area contributed by atoms with E-state index in [1.807, 2.05) is 0 Å². The number of benzene rings is 1. The zero-order valence-corrected chi connectivity index (χ0v) is 11.6. The van der Waals surface area contributed by atoms with E-state index in [1.54, 1.807) is 12.1 Å². The van der Waals surface area contributed by atoms with E-state index >= 15 is 0 Å². The Morgan fingerprint density at radius 2 is 1.63 bits per heavy atom. The van der Waals surface area contributed by atoms with Crippen LogP contribution in [0.5, 0.6) is 11.5 Å². The Kier molecular flexibility index (Phi) is 6.19. The van der Waals surface area contributed by atoms with Crippen LogP contribution in [0.3, 0.4) is 0 Å². The summed E-state index contributed by atoms with van der Waals surface area (Å²) in [5.74, 6) is -0.0763. The monoisotopic (exact) mass is 266 g/mol. The van der Waals surface area contributed by atoms with E-state index in [0.29, 0.717) is 0 Å². The first-order valence-electron chi connectivity index (χ1n) is 6.84. The first-order valence-corrected chi connectivity index (χ1v) is 6.84. The minimum absolute atomic E-state index is 0.0267. The second-order valence-corrected chi connectivity index (χ2v) is 4.66. The fraction of sp³-hybridized carbons (Fsp3) is 0.533. The molecule has 0 aromatic heterocycles. The third-order valence-corrected chi connectivity index (χ3v) is 3.08. The fourth-order valence-electron chi connectivity index (χ4n) is 2.03. The van der Waals surface area contributed by atoms with Gasteiger partial charge >= 0.3 is 6.16 Å². The molecular weight excluding hydrogens is 244 g/mol. The maximum absolute atomic E-state index is 10.6. The van der Waals surface area contributed by atoms with Crippen molar-refractivity contribution in [1.29, 1.82) is 0 Å². The SMILES string of the molecule is CCCCc1cc(O)c(OC(=O)O)cc1CCCC. The number of unbranched alkanes of at least 4 members (excludes halogenated alkanes) is 2. The molecule has 0 atom stereocenters. The fourth-order valence-corrected chi connectivity index (χ4v) is 2.03. The number of hydrogen-bond acceptors (Lipinski definition) is 3. The molecule has 19 heavy (non-hydrogen) atoms. The summed E-state index contributed by atoms with van der Waals surface area (Å²) in [5, 5.41) is 18.4. The van der Waals surface area contributed by atoms with E-state index in [-0.39, 0.29) is 11.5 Å². The van der Waals surface area contributed by atoms with Crippen LogP contribution in [0.25, 0.3) is 0 Å². The lowest BCUT2D eigenvalue weighted by molar-refractivity contribution is 0.143. The maximum Gasteiger partial charge on any atom is 0.511 e. The molecule has 0 radical (unpaired) electrons. The molecule has 0 saturated carbocycles. The van der Waals surface area contributed by atoms with Crippen LogP contribution in [0, 0.1) is 0 Å². The van der Waals surface area contributed by atoms with Crippen molar-refractivity contribution >= 4 is 6.16 Å². The topological polar surface area (TPSA) is 66.8 Å². The van der Waals surface area contributed by atoms with Crippen molar-refractivity contribution < 1.29 is 19.7 Å². The third-order valence-electron chi connectivity index (χ3n) is 3.08. The predicted molar refractivity (Wildman–Crippen MR) is 74.0 cm³/mol. The van der Waals surface area contributed by atoms with Gasteiger partial charge < -0.3 is 14.9 Å². The molecule has 1 aromatic carbocycles. The molecule has 0 fully saturated rings. The first kappa shape index (κ1) is 15.3. The summed E-state index contributed by atoms with van der Waals surface area (Å²) in [6.07, 6.45) is 4.62. The van der Waals surface area contributed by atoms with E-state index in [0.717, 1.165) is 49.7 Å². The second kappa shape index (κ2) is 7.67. The van der Waals surface area contributed by atoms with Crippen LogP contribution in [0.2, 0.25) is 0 Å². The number of rotatable bonds is 7. The molecule has 2 N–H and O–H groups in total. The van der Waals surface area contributed by atoms with Gasteiger partial charge in [-0.25, -0.2) is 4.79 Å². The largest absolute Gasteiger partial charge is 0.511 e. The van der Waals surface area contributed by atoms with Gasteiger partial charge in [0, 0.05) is 0 Å². The predicted octanol–water partition coefficient (Wildman–Crippen LogP) is 4.13. The molecule has 4 nitrogen and oxygen atoms in total. The Hall–Kier alpha value is -1.71. The number of carbonyl (C=O) groups is 1. The Morgan fingerprint density at radius 3 is 2.11 bits per heavy atom. The van der Waals surface area contributed by atoms with Crippen molar-refractivity contribution in [2.45, 2.75) is 52.4 Å². The van der Waals surface area contributed by atoms with Crippen LogP contribution in [0.4, 0.5) is 4.79 Å². The molecule has 0 bridgehead atoms. The summed E-state index contributed by atoms with van der Waals surface area (Å²) in [5.41, 5.74) is 2.16. The van der Waals surface area contributed by atoms with Gasteiger partial charge in [-0.1, -0.05) is 26.7 Å². The summed E-state index contributed by atoms with van der Waals surface area (Å²) in [7, 11) is 0. The molecular formula is C15H22O4. The number of ether oxygens (including phenoxy) is 1. The maximum atomic E-state index is 10.6. The lowest BCUT2D eigenvalue weighted by Crippen LogP contribution is -2.05. The van der Waals surface area contributed by atoms with Crippen molar-refractivity contribution in [3.8, 4) is 11.5 Å². The second-order valence-electron chi connectivity index (χ2n) is 4.66. The summed E-state index contributed by atoms with van der Waals surface area (Å²) < 4.78 is 4.59. The third kappa shape index (κ3) is 4.81. The van der Waals surface area contributed by atoms with Gasteiger partial charge in [0.1, 0.15) is 0 Å². The van der Waals surface area contributed by atoms with E-state index in [1.165, 1.54) is 0 Å². The summed E-state index contributed by atoms with van der Waals surface area (Å²) >= 11 is 0. The van der Waals surface area contributed by atoms with Gasteiger partial charge in [-0.15, -0.1) is 0 Å². The Bertz CT molecular complexity index is 426. The zero-order valence-electron chi connectivity index (χ0n) is 11.6. The minimum Gasteiger partial charge on any atom is -0.504 e. The van der Waals surface area contributed by atoms with Crippen molar-refractivity contribution in [2.75, 3.05) is 0 Å². The van der Waals surface area contributed by atoms with Crippen LogP contribution in [0.1, 0.15) is 50.7 Å². The summed E-state index contributed by atoms with van der Waals surface area (Å²) in [4.78, 5) is 10.6. The molecule has 0 heterocycles. The molecule has 0 spiro atoms. The van der Waals surface area contributed by atoms with Gasteiger partial charge in [-0.3, -0.25) is 0 Å². The molecule has 1 rings (SSSR count). The van der Waals surface area contributed by atoms with Crippen LogP contribution in [-0.2, 0) is 12.8 Å². The van der Waals surface area contributed by atoms with Crippen LogP contribution < -0.4 is 4.74 Å². The average Bonchev–Trinajstić information content (AvgIpc) is 2.36. The molecule has 0 saturated heterocycles. The molecule has 1 aromatic rings. The lowest BCUT2D eigenvalue weighted by atomic mass is 9.97. The highest BCUT2D eigenvalue weighted by Crippen LogP contribution is 2.31. The normalized spacial score (nSPS) is 10.4. The average molecular weight is 266 g/mol. The van der Waals surface area contributed by atoms with Gasteiger partial charge in [-0.05, 0) is 48.9 Å². The number of aromatic hydroxyl groups is 1. The van der Waals surface area contributed by atoms with E-state index < -0.39 is 6.16 Å². The summed E-state index contributed by atoms with van der Waals surface area (Å²) in [6, 6.07) is 3.29. The molecule has 4 heteroatoms. The molecule has 106 valence electrons. The smallest absolute Gasteiger partial charge is 0.504 e. The highest BCUT2D eigenvalue weighted by molar-refractivity contribution is 5.63. The van der Waals surface area contributed by atoms with Crippen LogP contribution in [0.15, 0.2) is 12.1 Å². The van der Waals surface area contributed by atoms with Gasteiger partial charge in [0.2, 0.25) is 0 Å². The molecule has 0 aliphatic carbocycles. The Labute approximate surface area is 114 Å². The molecule has 0 unspecified atom stereocenters. The van der Waals surface area contributed by atoms with Crippen molar-refractivity contribution in [1.82, 2.24) is 0 Å². The van der Waals surface area contributed by atoms with E-state index in [2.05, 4.69) is 18.6 Å². The zero-order chi connectivity index (χ0) is 14.3. The number of hydrogen-bond donors (Lipinski definition) is 2. The lowest BCUT2D eigenvalue weighted by Gasteiger charge is -2.12. The minimum atomic E-state index is -1.40. The Balaban J connectivity index is 3.01. The first-order chi connectivity index (χ1) is 9.08. The quantitative estimate of drug-likeness (QED) is 0.575. The van der Waals surface area contributed by atoms with Crippen LogP contribution >= 0.6 is 0 Å². The number of carboxylic acid groups (broad SMARTS) is 1. The number of phenols is 1. The van der Waals surface area contributed by atoms with Crippen LogP contribution in [-0.4, -0.2) is 16.4 Å². The standard InChI is InChI=1S/C15H22O4/c1-3-5-7-11-9-13(16)14(19-15(17)18)10-12(11)8-6-4-2/h9-10,16H,3-8H2,1-2H3,(H,17,18). The number of aryl methyl sites for hydroxylation is 2. The van der Waals surface area contributed by atoms with Gasteiger partial charge in [0.15, 0.2) is 11.5 Å². The molecule has 0 aliphatic rings. The van der Waals surface area contributed by atoms with Gasteiger partial charge in [-0.2, -0.15) is 0 Å². The van der Waals surface area contributed by atoms with E-state index in [4.69, 9.17) is 5.11 Å². The molecule has 0 amide bonds. The highest BCUT2D eigenvalue weighted by Gasteiger charge is 2.12.